The van der Waals surface area contributed by atoms with Gasteiger partial charge in [-0.25, -0.2) is 36.8 Å². The van der Waals surface area contributed by atoms with Gasteiger partial charge >= 0.3 is 12.2 Å². The third-order valence-corrected chi connectivity index (χ3v) is 9.11. The molecule has 0 N–H and O–H groups in total. The van der Waals surface area contributed by atoms with Crippen molar-refractivity contribution in [3.63, 3.8) is 0 Å². The highest BCUT2D eigenvalue weighted by Gasteiger charge is 2.55. The van der Waals surface area contributed by atoms with Crippen LogP contribution in [0.1, 0.15) is 79.1 Å². The zero-order valence-electron chi connectivity index (χ0n) is 25.5. The second-order valence-electron chi connectivity index (χ2n) is 12.7. The number of halogens is 3. The molecule has 1 aliphatic heterocycles. The Hall–Kier alpha value is -3.45. The predicted molar refractivity (Wildman–Crippen MR) is 159 cm³/mol. The second-order valence-corrected chi connectivity index (χ2v) is 15.7. The maximum absolute atomic E-state index is 15.4. The molecule has 0 fully saturated rings. The summed E-state index contributed by atoms with van der Waals surface area (Å²) in [6.45, 7) is 13.3. The largest absolute Gasteiger partial charge is 0.443 e. The monoisotopic (exact) mass is 640 g/mol. The van der Waals surface area contributed by atoms with Crippen LogP contribution in [0.2, 0.25) is 5.15 Å². The first-order valence-electron chi connectivity index (χ1n) is 13.2. The number of aromatic nitrogens is 2. The number of imide groups is 1. The number of sulfone groups is 1. The van der Waals surface area contributed by atoms with Crippen molar-refractivity contribution in [2.45, 2.75) is 83.8 Å². The van der Waals surface area contributed by atoms with Crippen LogP contribution >= 0.6 is 11.6 Å². The van der Waals surface area contributed by atoms with Gasteiger partial charge in [0.1, 0.15) is 44.0 Å². The zero-order chi connectivity index (χ0) is 32.8. The van der Waals surface area contributed by atoms with Crippen molar-refractivity contribution < 1.29 is 36.3 Å². The molecule has 2 amide bonds. The van der Waals surface area contributed by atoms with E-state index in [0.717, 1.165) is 24.5 Å². The number of rotatable bonds is 3. The number of amides is 2. The third-order valence-electron chi connectivity index (χ3n) is 6.23. The first-order valence-corrected chi connectivity index (χ1v) is 15.2. The number of benzene rings is 1. The fourth-order valence-corrected chi connectivity index (χ4v) is 5.94. The van der Waals surface area contributed by atoms with E-state index in [2.05, 4.69) is 15.0 Å². The third kappa shape index (κ3) is 7.74. The SMILES string of the molecule is CC(C)(C)OC(=O)N(C(=O)OC(C)(C)C)C1=NC(C)(c2cc(C=C(F)c3cnc(Cl)cn3)ccc2F)CS(=O)(=O)C1(C)C. The molecule has 14 heteroatoms. The first-order chi connectivity index (χ1) is 19.5. The predicted octanol–water partition coefficient (Wildman–Crippen LogP) is 6.73. The summed E-state index contributed by atoms with van der Waals surface area (Å²) >= 11 is 5.72. The highest BCUT2D eigenvalue weighted by molar-refractivity contribution is 7.93. The fourth-order valence-electron chi connectivity index (χ4n) is 4.11. The normalized spacial score (nSPS) is 20.2. The fraction of sp³-hybridized carbons (Fsp3) is 0.483. The lowest BCUT2D eigenvalue weighted by molar-refractivity contribution is 0.0139. The molecule has 0 aliphatic carbocycles. The van der Waals surface area contributed by atoms with Gasteiger partial charge in [0, 0.05) is 5.56 Å². The van der Waals surface area contributed by atoms with Gasteiger partial charge in [0.2, 0.25) is 0 Å². The molecule has 10 nitrogen and oxygen atoms in total. The molecule has 1 aliphatic rings. The van der Waals surface area contributed by atoms with Crippen LogP contribution in [0.3, 0.4) is 0 Å². The van der Waals surface area contributed by atoms with Crippen LogP contribution in [0.5, 0.6) is 0 Å². The minimum Gasteiger partial charge on any atom is -0.443 e. The van der Waals surface area contributed by atoms with Crippen LogP contribution in [0.4, 0.5) is 18.4 Å². The molecule has 0 saturated carbocycles. The summed E-state index contributed by atoms with van der Waals surface area (Å²) in [5, 5.41) is 0.0652. The summed E-state index contributed by atoms with van der Waals surface area (Å²) in [6.07, 6.45) is 0.887. The van der Waals surface area contributed by atoms with Crippen molar-refractivity contribution in [1.82, 2.24) is 14.9 Å². The van der Waals surface area contributed by atoms with Gasteiger partial charge in [0.15, 0.2) is 15.7 Å². The van der Waals surface area contributed by atoms with E-state index < -0.39 is 66.7 Å². The number of carbonyl (C=O) groups excluding carboxylic acids is 2. The Morgan fingerprint density at radius 3 is 2.05 bits per heavy atom. The van der Waals surface area contributed by atoms with E-state index in [0.29, 0.717) is 4.90 Å². The van der Waals surface area contributed by atoms with Gasteiger partial charge < -0.3 is 9.47 Å². The van der Waals surface area contributed by atoms with E-state index in [9.17, 15) is 22.4 Å². The lowest BCUT2D eigenvalue weighted by atomic mass is 9.91. The van der Waals surface area contributed by atoms with Crippen LogP contribution < -0.4 is 0 Å². The maximum atomic E-state index is 15.4. The molecule has 0 bridgehead atoms. The Morgan fingerprint density at radius 2 is 1.56 bits per heavy atom. The molecular formula is C29H35ClF2N4O6S. The molecule has 1 atom stereocenters. The lowest BCUT2D eigenvalue weighted by Crippen LogP contribution is -2.61. The number of ether oxygens (including phenoxy) is 2. The first kappa shape index (κ1) is 34.0. The van der Waals surface area contributed by atoms with Crippen LogP contribution in [0.15, 0.2) is 35.6 Å². The van der Waals surface area contributed by atoms with Gasteiger partial charge in [-0.05, 0) is 86.1 Å². The van der Waals surface area contributed by atoms with Gasteiger partial charge in [-0.1, -0.05) is 17.7 Å². The van der Waals surface area contributed by atoms with Crippen molar-refractivity contribution in [2.24, 2.45) is 4.99 Å². The molecular weight excluding hydrogens is 606 g/mol. The Balaban J connectivity index is 2.24. The molecule has 2 aromatic rings. The Kier molecular flexibility index (Phi) is 9.16. The highest BCUT2D eigenvalue weighted by atomic mass is 35.5. The van der Waals surface area contributed by atoms with Gasteiger partial charge in [0.05, 0.1) is 18.1 Å². The quantitative estimate of drug-likeness (QED) is 0.361. The summed E-state index contributed by atoms with van der Waals surface area (Å²) in [6, 6.07) is 3.55. The topological polar surface area (TPSA) is 128 Å². The van der Waals surface area contributed by atoms with Crippen molar-refractivity contribution in [1.29, 1.82) is 0 Å². The average Bonchev–Trinajstić information content (AvgIpc) is 2.81. The van der Waals surface area contributed by atoms with Crippen LogP contribution in [0.25, 0.3) is 11.9 Å². The summed E-state index contributed by atoms with van der Waals surface area (Å²) < 4.78 is 66.9. The van der Waals surface area contributed by atoms with Crippen molar-refractivity contribution >= 4 is 51.4 Å². The van der Waals surface area contributed by atoms with Crippen LogP contribution in [-0.2, 0) is 24.8 Å². The van der Waals surface area contributed by atoms with Crippen LogP contribution in [0, 0.1) is 5.82 Å². The van der Waals surface area contributed by atoms with Crippen molar-refractivity contribution in [2.75, 3.05) is 5.75 Å². The number of carbonyl (C=O) groups is 2. The standard InChI is InChI=1S/C29H35ClF2N4O6S/c1-26(2,3)41-24(37)36(25(38)42-27(4,5)6)23-28(7,8)43(39,40)16-29(9,35-23)18-12-17(10-11-19(18)31)13-20(32)21-14-34-22(30)15-33-21/h10-15H,16H2,1-9H3. The summed E-state index contributed by atoms with van der Waals surface area (Å²) in [7, 11) is -4.24. The minimum atomic E-state index is -4.24. The smallest absolute Gasteiger partial charge is 0.425 e. The summed E-state index contributed by atoms with van der Waals surface area (Å²) in [4.78, 5) is 39.5. The van der Waals surface area contributed by atoms with Gasteiger partial charge in [-0.2, -0.15) is 4.90 Å². The molecule has 1 unspecified atom stereocenters. The highest BCUT2D eigenvalue weighted by Crippen LogP contribution is 2.40. The molecule has 0 saturated heterocycles. The Bertz CT molecular complexity index is 1570. The molecule has 0 spiro atoms. The van der Waals surface area contributed by atoms with Gasteiger partial charge in [-0.15, -0.1) is 0 Å². The molecule has 43 heavy (non-hydrogen) atoms. The van der Waals surface area contributed by atoms with Crippen LogP contribution in [-0.4, -0.2) is 63.0 Å². The van der Waals surface area contributed by atoms with Gasteiger partial charge in [-0.3, -0.25) is 4.99 Å². The summed E-state index contributed by atoms with van der Waals surface area (Å²) in [5.74, 6) is -2.87. The van der Waals surface area contributed by atoms with E-state index in [1.807, 2.05) is 0 Å². The number of nitrogens with zero attached hydrogens (tertiary/aromatic N) is 4. The number of hydrogen-bond acceptors (Lipinski definition) is 9. The van der Waals surface area contributed by atoms with E-state index in [1.54, 1.807) is 41.5 Å². The van der Waals surface area contributed by atoms with Gasteiger partial charge in [0.25, 0.3) is 0 Å². The zero-order valence-corrected chi connectivity index (χ0v) is 27.0. The number of amidine groups is 1. The second kappa shape index (κ2) is 11.6. The number of hydrogen-bond donors (Lipinski definition) is 0. The molecule has 1 aromatic carbocycles. The Labute approximate surface area is 255 Å². The summed E-state index contributed by atoms with van der Waals surface area (Å²) in [5.41, 5.74) is -4.22. The molecule has 234 valence electrons. The lowest BCUT2D eigenvalue weighted by Gasteiger charge is -2.42. The maximum Gasteiger partial charge on any atom is 0.425 e. The minimum absolute atomic E-state index is 0.0652. The van der Waals surface area contributed by atoms with E-state index >= 15 is 4.39 Å². The van der Waals surface area contributed by atoms with Crippen molar-refractivity contribution in [3.05, 3.63) is 58.4 Å². The molecule has 0 radical (unpaired) electrons. The van der Waals surface area contributed by atoms with E-state index in [-0.39, 0.29) is 22.0 Å². The van der Waals surface area contributed by atoms with E-state index in [1.165, 1.54) is 32.9 Å². The molecule has 2 heterocycles. The Morgan fingerprint density at radius 1 is 1.00 bits per heavy atom. The van der Waals surface area contributed by atoms with E-state index in [4.69, 9.17) is 21.1 Å². The van der Waals surface area contributed by atoms with Crippen molar-refractivity contribution in [3.8, 4) is 0 Å². The number of aliphatic imine (C=N–C) groups is 1. The molecule has 1 aromatic heterocycles. The molecule has 3 rings (SSSR count). The average molecular weight is 641 g/mol.